The molecule has 76 valence electrons. The largest absolute Gasteiger partial charge is 0.323 e. The van der Waals surface area contributed by atoms with E-state index in [0.717, 1.165) is 19.6 Å². The number of rotatable bonds is 3. The van der Waals surface area contributed by atoms with Crippen LogP contribution in [0.15, 0.2) is 24.3 Å². The van der Waals surface area contributed by atoms with Crippen LogP contribution >= 0.6 is 0 Å². The van der Waals surface area contributed by atoms with E-state index in [-0.39, 0.29) is 11.9 Å². The second-order valence-electron chi connectivity index (χ2n) is 3.78. The lowest BCUT2D eigenvalue weighted by Crippen LogP contribution is -2.41. The zero-order valence-electron chi connectivity index (χ0n) is 8.12. The van der Waals surface area contributed by atoms with Crippen LogP contribution in [0.2, 0.25) is 0 Å². The molecule has 3 heteroatoms. The van der Waals surface area contributed by atoms with E-state index in [9.17, 15) is 4.39 Å². The van der Waals surface area contributed by atoms with Crippen LogP contribution in [0, 0.1) is 5.82 Å². The maximum atomic E-state index is 13.3. The Bertz CT molecular complexity index is 310. The summed E-state index contributed by atoms with van der Waals surface area (Å²) in [6, 6.07) is 6.55. The normalized spacial score (nSPS) is 19.0. The van der Waals surface area contributed by atoms with E-state index in [1.165, 1.54) is 12.5 Å². The van der Waals surface area contributed by atoms with Crippen molar-refractivity contribution in [1.29, 1.82) is 0 Å². The molecule has 1 fully saturated rings. The van der Waals surface area contributed by atoms with E-state index in [1.54, 1.807) is 12.1 Å². The van der Waals surface area contributed by atoms with Gasteiger partial charge in [-0.15, -0.1) is 0 Å². The Hall–Kier alpha value is -0.930. The Morgan fingerprint density at radius 3 is 2.64 bits per heavy atom. The summed E-state index contributed by atoms with van der Waals surface area (Å²) in [4.78, 5) is 2.25. The molecule has 0 amide bonds. The SMILES string of the molecule is NC(CN1CCC1)c1ccccc1F. The minimum atomic E-state index is -0.198. The minimum absolute atomic E-state index is 0.194. The Kier molecular flexibility index (Phi) is 2.79. The van der Waals surface area contributed by atoms with Crippen molar-refractivity contribution in [2.45, 2.75) is 12.5 Å². The first kappa shape index (κ1) is 9.62. The van der Waals surface area contributed by atoms with E-state index < -0.39 is 0 Å². The second kappa shape index (κ2) is 4.07. The standard InChI is InChI=1S/C11H15FN2/c12-10-5-2-1-4-9(10)11(13)8-14-6-3-7-14/h1-2,4-5,11H,3,6-8,13H2. The molecule has 1 aliphatic heterocycles. The Balaban J connectivity index is 2.02. The highest BCUT2D eigenvalue weighted by molar-refractivity contribution is 5.21. The van der Waals surface area contributed by atoms with E-state index >= 15 is 0 Å². The number of benzene rings is 1. The highest BCUT2D eigenvalue weighted by atomic mass is 19.1. The summed E-state index contributed by atoms with van der Waals surface area (Å²) in [5, 5.41) is 0. The lowest BCUT2D eigenvalue weighted by Gasteiger charge is -2.33. The van der Waals surface area contributed by atoms with Gasteiger partial charge in [-0.1, -0.05) is 18.2 Å². The third-order valence-corrected chi connectivity index (χ3v) is 2.71. The first-order valence-corrected chi connectivity index (χ1v) is 5.00. The zero-order valence-corrected chi connectivity index (χ0v) is 8.12. The van der Waals surface area contributed by atoms with Crippen molar-refractivity contribution in [1.82, 2.24) is 4.90 Å². The molecular weight excluding hydrogens is 179 g/mol. The molecule has 0 saturated carbocycles. The molecule has 2 rings (SSSR count). The van der Waals surface area contributed by atoms with Gasteiger partial charge >= 0.3 is 0 Å². The smallest absolute Gasteiger partial charge is 0.128 e. The average Bonchev–Trinajstić information content (AvgIpc) is 2.12. The summed E-state index contributed by atoms with van der Waals surface area (Å²) in [6.07, 6.45) is 1.24. The van der Waals surface area contributed by atoms with Gasteiger partial charge < -0.3 is 10.6 Å². The van der Waals surface area contributed by atoms with Crippen LogP contribution in [0.5, 0.6) is 0 Å². The molecule has 0 bridgehead atoms. The van der Waals surface area contributed by atoms with Gasteiger partial charge in [0, 0.05) is 18.2 Å². The topological polar surface area (TPSA) is 29.3 Å². The predicted molar refractivity (Wildman–Crippen MR) is 54.4 cm³/mol. The Morgan fingerprint density at radius 1 is 1.36 bits per heavy atom. The van der Waals surface area contributed by atoms with Crippen LogP contribution in [0.25, 0.3) is 0 Å². The molecule has 0 spiro atoms. The molecule has 2 nitrogen and oxygen atoms in total. The van der Waals surface area contributed by atoms with Crippen LogP contribution in [-0.4, -0.2) is 24.5 Å². The zero-order chi connectivity index (χ0) is 9.97. The van der Waals surface area contributed by atoms with Crippen molar-refractivity contribution in [3.8, 4) is 0 Å². The lowest BCUT2D eigenvalue weighted by atomic mass is 10.1. The highest BCUT2D eigenvalue weighted by Gasteiger charge is 2.19. The van der Waals surface area contributed by atoms with Crippen molar-refractivity contribution in [3.63, 3.8) is 0 Å². The molecule has 1 atom stereocenters. The van der Waals surface area contributed by atoms with E-state index in [2.05, 4.69) is 4.90 Å². The third-order valence-electron chi connectivity index (χ3n) is 2.71. The molecule has 1 aromatic carbocycles. The molecule has 0 aromatic heterocycles. The molecule has 0 radical (unpaired) electrons. The Morgan fingerprint density at radius 2 is 2.07 bits per heavy atom. The highest BCUT2D eigenvalue weighted by Crippen LogP contribution is 2.17. The molecular formula is C11H15FN2. The summed E-state index contributed by atoms with van der Waals surface area (Å²) in [5.41, 5.74) is 6.55. The molecule has 1 aromatic rings. The molecule has 1 aliphatic rings. The third kappa shape index (κ3) is 1.94. The monoisotopic (exact) mass is 194 g/mol. The van der Waals surface area contributed by atoms with E-state index in [1.807, 2.05) is 6.07 Å². The molecule has 14 heavy (non-hydrogen) atoms. The van der Waals surface area contributed by atoms with E-state index in [0.29, 0.717) is 5.56 Å². The molecule has 1 saturated heterocycles. The van der Waals surface area contributed by atoms with Crippen LogP contribution in [0.1, 0.15) is 18.0 Å². The van der Waals surface area contributed by atoms with Gasteiger partial charge in [0.2, 0.25) is 0 Å². The molecule has 2 N–H and O–H groups in total. The number of hydrogen-bond acceptors (Lipinski definition) is 2. The van der Waals surface area contributed by atoms with Gasteiger partial charge in [-0.25, -0.2) is 4.39 Å². The average molecular weight is 194 g/mol. The number of likely N-dealkylation sites (tertiary alicyclic amines) is 1. The van der Waals surface area contributed by atoms with Crippen LogP contribution in [-0.2, 0) is 0 Å². The van der Waals surface area contributed by atoms with Gasteiger partial charge in [0.15, 0.2) is 0 Å². The maximum absolute atomic E-state index is 13.3. The number of nitrogens with zero attached hydrogens (tertiary/aromatic N) is 1. The summed E-state index contributed by atoms with van der Waals surface area (Å²) in [5.74, 6) is -0.194. The number of halogens is 1. The van der Waals surface area contributed by atoms with Gasteiger partial charge in [-0.2, -0.15) is 0 Å². The molecule has 1 unspecified atom stereocenters. The summed E-state index contributed by atoms with van der Waals surface area (Å²) in [7, 11) is 0. The second-order valence-corrected chi connectivity index (χ2v) is 3.78. The van der Waals surface area contributed by atoms with Crippen LogP contribution < -0.4 is 5.73 Å². The summed E-state index contributed by atoms with van der Waals surface area (Å²) < 4.78 is 13.3. The van der Waals surface area contributed by atoms with Gasteiger partial charge in [-0.05, 0) is 25.6 Å². The van der Waals surface area contributed by atoms with Crippen LogP contribution in [0.4, 0.5) is 4.39 Å². The number of nitrogens with two attached hydrogens (primary N) is 1. The minimum Gasteiger partial charge on any atom is -0.323 e. The fourth-order valence-electron chi connectivity index (χ4n) is 1.72. The van der Waals surface area contributed by atoms with Crippen molar-refractivity contribution in [3.05, 3.63) is 35.6 Å². The maximum Gasteiger partial charge on any atom is 0.128 e. The van der Waals surface area contributed by atoms with Crippen molar-refractivity contribution < 1.29 is 4.39 Å². The quantitative estimate of drug-likeness (QED) is 0.790. The fourth-order valence-corrected chi connectivity index (χ4v) is 1.72. The first-order chi connectivity index (χ1) is 6.77. The van der Waals surface area contributed by atoms with Gasteiger partial charge in [0.25, 0.3) is 0 Å². The molecule has 0 aliphatic carbocycles. The van der Waals surface area contributed by atoms with Gasteiger partial charge in [0.05, 0.1) is 0 Å². The Labute approximate surface area is 83.5 Å². The lowest BCUT2D eigenvalue weighted by molar-refractivity contribution is 0.169. The number of hydrogen-bond donors (Lipinski definition) is 1. The van der Waals surface area contributed by atoms with Gasteiger partial charge in [0.1, 0.15) is 5.82 Å². The van der Waals surface area contributed by atoms with Crippen LogP contribution in [0.3, 0.4) is 0 Å². The van der Waals surface area contributed by atoms with E-state index in [4.69, 9.17) is 5.73 Å². The molecule has 1 heterocycles. The summed E-state index contributed by atoms with van der Waals surface area (Å²) in [6.45, 7) is 2.96. The van der Waals surface area contributed by atoms with Gasteiger partial charge in [-0.3, -0.25) is 0 Å². The first-order valence-electron chi connectivity index (χ1n) is 5.00. The van der Waals surface area contributed by atoms with Crippen molar-refractivity contribution in [2.75, 3.05) is 19.6 Å². The fraction of sp³-hybridized carbons (Fsp3) is 0.455. The van der Waals surface area contributed by atoms with Crippen molar-refractivity contribution in [2.24, 2.45) is 5.73 Å². The van der Waals surface area contributed by atoms with Crippen molar-refractivity contribution >= 4 is 0 Å². The predicted octanol–water partition coefficient (Wildman–Crippen LogP) is 1.53. The summed E-state index contributed by atoms with van der Waals surface area (Å²) >= 11 is 0.